The number of nitrogens with one attached hydrogen (secondary N) is 2. The molecule has 23 heavy (non-hydrogen) atoms. The normalized spacial score (nSPS) is 11.5. The standard InChI is InChI=1S/C15H19ClN6O/c1-22(2)9-14-20-21-15(23-14)17-7-3-4-13-18-11-6-5-10(16)8-12(11)19-13/h5-6,8H,3-4,7,9H2,1-2H3,(H,17,21)(H,18,19). The van der Waals surface area contributed by atoms with Gasteiger partial charge in [0.15, 0.2) is 0 Å². The fourth-order valence-electron chi connectivity index (χ4n) is 2.26. The Labute approximate surface area is 139 Å². The third-order valence-electron chi connectivity index (χ3n) is 3.28. The number of imidazole rings is 1. The van der Waals surface area contributed by atoms with Crippen LogP contribution in [0.5, 0.6) is 0 Å². The summed E-state index contributed by atoms with van der Waals surface area (Å²) in [7, 11) is 3.91. The molecule has 7 nitrogen and oxygen atoms in total. The van der Waals surface area contributed by atoms with Gasteiger partial charge < -0.3 is 19.6 Å². The second-order valence-electron chi connectivity index (χ2n) is 5.61. The van der Waals surface area contributed by atoms with Crippen LogP contribution < -0.4 is 5.32 Å². The van der Waals surface area contributed by atoms with Crippen molar-refractivity contribution in [3.63, 3.8) is 0 Å². The van der Waals surface area contributed by atoms with Gasteiger partial charge in [0.05, 0.1) is 17.6 Å². The first-order valence-corrected chi connectivity index (χ1v) is 7.83. The summed E-state index contributed by atoms with van der Waals surface area (Å²) in [5, 5.41) is 11.8. The highest BCUT2D eigenvalue weighted by Crippen LogP contribution is 2.17. The maximum absolute atomic E-state index is 5.97. The molecule has 0 fully saturated rings. The molecule has 8 heteroatoms. The Bertz CT molecular complexity index is 781. The summed E-state index contributed by atoms with van der Waals surface area (Å²) < 4.78 is 5.49. The van der Waals surface area contributed by atoms with Crippen molar-refractivity contribution in [1.82, 2.24) is 25.1 Å². The summed E-state index contributed by atoms with van der Waals surface area (Å²) in [5.41, 5.74) is 1.90. The number of hydrogen-bond acceptors (Lipinski definition) is 6. The van der Waals surface area contributed by atoms with E-state index in [9.17, 15) is 0 Å². The predicted molar refractivity (Wildman–Crippen MR) is 89.6 cm³/mol. The number of benzene rings is 1. The lowest BCUT2D eigenvalue weighted by Crippen LogP contribution is -2.10. The lowest BCUT2D eigenvalue weighted by atomic mass is 10.3. The van der Waals surface area contributed by atoms with Crippen molar-refractivity contribution in [3.05, 3.63) is 34.9 Å². The van der Waals surface area contributed by atoms with E-state index in [1.165, 1.54) is 0 Å². The van der Waals surface area contributed by atoms with E-state index >= 15 is 0 Å². The number of halogens is 1. The number of rotatable bonds is 7. The lowest BCUT2D eigenvalue weighted by Gasteiger charge is -2.03. The molecule has 0 unspecified atom stereocenters. The van der Waals surface area contributed by atoms with Gasteiger partial charge in [0.25, 0.3) is 0 Å². The van der Waals surface area contributed by atoms with Gasteiger partial charge in [-0.05, 0) is 38.7 Å². The molecule has 0 saturated heterocycles. The molecule has 2 N–H and O–H groups in total. The molecule has 3 aromatic rings. The van der Waals surface area contributed by atoms with Crippen LogP contribution in [-0.2, 0) is 13.0 Å². The van der Waals surface area contributed by atoms with E-state index in [1.54, 1.807) is 0 Å². The van der Waals surface area contributed by atoms with Crippen LogP contribution in [0.2, 0.25) is 5.02 Å². The van der Waals surface area contributed by atoms with Gasteiger partial charge in [-0.15, -0.1) is 5.10 Å². The highest BCUT2D eigenvalue weighted by Gasteiger charge is 2.07. The van der Waals surface area contributed by atoms with Crippen LogP contribution in [0, 0.1) is 0 Å². The zero-order chi connectivity index (χ0) is 16.2. The van der Waals surface area contributed by atoms with E-state index in [0.717, 1.165) is 36.2 Å². The molecule has 0 amide bonds. The number of aromatic nitrogens is 4. The number of anilines is 1. The highest BCUT2D eigenvalue weighted by molar-refractivity contribution is 6.31. The minimum atomic E-state index is 0.457. The van der Waals surface area contributed by atoms with Gasteiger partial charge in [0.2, 0.25) is 5.89 Å². The number of aromatic amines is 1. The van der Waals surface area contributed by atoms with Crippen molar-refractivity contribution >= 4 is 28.6 Å². The zero-order valence-electron chi connectivity index (χ0n) is 13.1. The highest BCUT2D eigenvalue weighted by atomic mass is 35.5. The van der Waals surface area contributed by atoms with Crippen molar-refractivity contribution in [2.45, 2.75) is 19.4 Å². The van der Waals surface area contributed by atoms with Crippen molar-refractivity contribution in [3.8, 4) is 0 Å². The summed E-state index contributed by atoms with van der Waals surface area (Å²) in [6.07, 6.45) is 1.73. The van der Waals surface area contributed by atoms with Gasteiger partial charge in [-0.2, -0.15) is 0 Å². The molecule has 1 aromatic carbocycles. The average Bonchev–Trinajstić information content (AvgIpc) is 3.09. The summed E-state index contributed by atoms with van der Waals surface area (Å²) in [4.78, 5) is 9.79. The first kappa shape index (κ1) is 15.8. The van der Waals surface area contributed by atoms with Crippen LogP contribution in [0.25, 0.3) is 11.0 Å². The van der Waals surface area contributed by atoms with Gasteiger partial charge in [-0.3, -0.25) is 0 Å². The monoisotopic (exact) mass is 334 g/mol. The second-order valence-corrected chi connectivity index (χ2v) is 6.05. The fourth-order valence-corrected chi connectivity index (χ4v) is 2.44. The van der Waals surface area contributed by atoms with E-state index in [2.05, 4.69) is 25.5 Å². The van der Waals surface area contributed by atoms with E-state index in [0.29, 0.717) is 23.5 Å². The fraction of sp³-hybridized carbons (Fsp3) is 0.400. The van der Waals surface area contributed by atoms with Gasteiger partial charge >= 0.3 is 6.01 Å². The number of hydrogen-bond donors (Lipinski definition) is 2. The molecule has 0 aliphatic rings. The number of fused-ring (bicyclic) bond motifs is 1. The van der Waals surface area contributed by atoms with Gasteiger partial charge in [0, 0.05) is 18.0 Å². The van der Waals surface area contributed by atoms with Crippen molar-refractivity contribution in [2.24, 2.45) is 0 Å². The molecule has 0 bridgehead atoms. The quantitative estimate of drug-likeness (QED) is 0.646. The second kappa shape index (κ2) is 6.97. The van der Waals surface area contributed by atoms with Crippen molar-refractivity contribution in [1.29, 1.82) is 0 Å². The minimum Gasteiger partial charge on any atom is -0.407 e. The van der Waals surface area contributed by atoms with E-state index < -0.39 is 0 Å². The molecule has 0 aliphatic carbocycles. The van der Waals surface area contributed by atoms with Crippen molar-refractivity contribution in [2.75, 3.05) is 26.0 Å². The van der Waals surface area contributed by atoms with E-state index in [-0.39, 0.29) is 0 Å². The SMILES string of the molecule is CN(C)Cc1nnc(NCCCc2nc3ccc(Cl)cc3[nH]2)o1. The summed E-state index contributed by atoms with van der Waals surface area (Å²) >= 11 is 5.97. The van der Waals surface area contributed by atoms with E-state index in [1.807, 2.05) is 37.2 Å². The van der Waals surface area contributed by atoms with Crippen LogP contribution in [-0.4, -0.2) is 45.7 Å². The molecule has 0 aliphatic heterocycles. The van der Waals surface area contributed by atoms with Crippen LogP contribution in [0.4, 0.5) is 6.01 Å². The Morgan fingerprint density at radius 2 is 2.17 bits per heavy atom. The van der Waals surface area contributed by atoms with E-state index in [4.69, 9.17) is 16.0 Å². The maximum atomic E-state index is 5.97. The summed E-state index contributed by atoms with van der Waals surface area (Å²) in [6, 6.07) is 6.10. The first-order valence-electron chi connectivity index (χ1n) is 7.45. The van der Waals surface area contributed by atoms with Crippen molar-refractivity contribution < 1.29 is 4.42 Å². The average molecular weight is 335 g/mol. The Morgan fingerprint density at radius 3 is 3.00 bits per heavy atom. The number of nitrogens with zero attached hydrogens (tertiary/aromatic N) is 4. The molecule has 3 rings (SSSR count). The van der Waals surface area contributed by atoms with Gasteiger partial charge in [-0.1, -0.05) is 16.7 Å². The molecular formula is C15H19ClN6O. The Morgan fingerprint density at radius 1 is 1.30 bits per heavy atom. The zero-order valence-corrected chi connectivity index (χ0v) is 13.9. The van der Waals surface area contributed by atoms with Crippen LogP contribution >= 0.6 is 11.6 Å². The lowest BCUT2D eigenvalue weighted by molar-refractivity contribution is 0.344. The predicted octanol–water partition coefficient (Wildman–Crippen LogP) is 2.71. The molecule has 2 aromatic heterocycles. The Hall–Kier alpha value is -2.12. The molecule has 0 spiro atoms. The smallest absolute Gasteiger partial charge is 0.315 e. The third kappa shape index (κ3) is 4.20. The molecule has 0 atom stereocenters. The van der Waals surface area contributed by atoms with Crippen LogP contribution in [0.3, 0.4) is 0 Å². The first-order chi connectivity index (χ1) is 11.1. The Kier molecular flexibility index (Phi) is 4.78. The topological polar surface area (TPSA) is 82.9 Å². The minimum absolute atomic E-state index is 0.457. The maximum Gasteiger partial charge on any atom is 0.315 e. The van der Waals surface area contributed by atoms with Crippen LogP contribution in [0.15, 0.2) is 22.6 Å². The molecule has 2 heterocycles. The Balaban J connectivity index is 1.48. The van der Waals surface area contributed by atoms with Gasteiger partial charge in [0.1, 0.15) is 5.82 Å². The number of H-pyrrole nitrogens is 1. The largest absolute Gasteiger partial charge is 0.407 e. The van der Waals surface area contributed by atoms with Crippen LogP contribution in [0.1, 0.15) is 18.1 Å². The third-order valence-corrected chi connectivity index (χ3v) is 3.51. The molecule has 0 radical (unpaired) electrons. The molecular weight excluding hydrogens is 316 g/mol. The van der Waals surface area contributed by atoms with Gasteiger partial charge in [-0.25, -0.2) is 4.98 Å². The number of aryl methyl sites for hydroxylation is 1. The summed E-state index contributed by atoms with van der Waals surface area (Å²) in [5.74, 6) is 1.55. The molecule has 0 saturated carbocycles. The molecule has 122 valence electrons. The summed E-state index contributed by atoms with van der Waals surface area (Å²) in [6.45, 7) is 1.37.